The fraction of sp³-hybridized carbons (Fsp3) is 0.409. The number of benzene rings is 2. The lowest BCUT2D eigenvalue weighted by molar-refractivity contribution is -0.125. The minimum atomic E-state index is -0.709. The predicted octanol–water partition coefficient (Wildman–Crippen LogP) is 5.35. The van der Waals surface area contributed by atoms with Crippen LogP contribution >= 0.6 is 0 Å². The standard InChI is InChI=1S/C19H22N3O3.C3H8/c1-18(2)19(3,4)22(24)17(21(18)23)20-13-9-5-7-11-15(13)25-16-12-8-6-10-14(16)20;1-3-2/h5-12,23-24H,1-4H3;3H2,1-2H3/q+1;. The Morgan fingerprint density at radius 2 is 1.14 bits per heavy atom. The van der Waals surface area contributed by atoms with E-state index in [0.29, 0.717) is 11.5 Å². The number of nitrogens with zero attached hydrogens (tertiary/aromatic N) is 3. The highest BCUT2D eigenvalue weighted by atomic mass is 16.6. The van der Waals surface area contributed by atoms with Gasteiger partial charge < -0.3 is 4.74 Å². The molecule has 2 aliphatic rings. The van der Waals surface area contributed by atoms with Gasteiger partial charge in [-0.2, -0.15) is 4.58 Å². The van der Waals surface area contributed by atoms with E-state index in [1.54, 1.807) is 0 Å². The fourth-order valence-corrected chi connectivity index (χ4v) is 3.22. The van der Waals surface area contributed by atoms with Gasteiger partial charge in [0.15, 0.2) is 34.0 Å². The molecule has 0 aromatic heterocycles. The second-order valence-corrected chi connectivity index (χ2v) is 8.12. The summed E-state index contributed by atoms with van der Waals surface area (Å²) in [5.74, 6) is 1.61. The number of para-hydroxylation sites is 4. The number of guanidine groups is 1. The van der Waals surface area contributed by atoms with Crippen molar-refractivity contribution >= 4 is 17.3 Å². The number of hydrogen-bond acceptors (Lipinski definition) is 3. The molecule has 0 saturated carbocycles. The molecular weight excluding hydrogens is 354 g/mol. The van der Waals surface area contributed by atoms with Crippen molar-refractivity contribution in [2.24, 2.45) is 0 Å². The van der Waals surface area contributed by atoms with Gasteiger partial charge in [0.05, 0.1) is 0 Å². The van der Waals surface area contributed by atoms with Gasteiger partial charge in [0, 0.05) is 0 Å². The van der Waals surface area contributed by atoms with Gasteiger partial charge in [-0.25, -0.2) is 10.4 Å². The van der Waals surface area contributed by atoms with E-state index in [1.807, 2.05) is 80.8 Å². The van der Waals surface area contributed by atoms with Gasteiger partial charge >= 0.3 is 5.96 Å². The summed E-state index contributed by atoms with van der Waals surface area (Å²) in [7, 11) is 0. The van der Waals surface area contributed by atoms with Gasteiger partial charge in [-0.05, 0) is 52.0 Å². The summed E-state index contributed by atoms with van der Waals surface area (Å²) in [6, 6.07) is 15.1. The van der Waals surface area contributed by atoms with Crippen molar-refractivity contribution in [1.29, 1.82) is 0 Å². The first-order valence-corrected chi connectivity index (χ1v) is 9.69. The largest absolute Gasteiger partial charge is 0.450 e. The number of rotatable bonds is 0. The van der Waals surface area contributed by atoms with Crippen molar-refractivity contribution in [2.45, 2.75) is 59.0 Å². The molecule has 28 heavy (non-hydrogen) atoms. The van der Waals surface area contributed by atoms with Gasteiger partial charge in [-0.1, -0.05) is 44.5 Å². The maximum Gasteiger partial charge on any atom is 0.418 e. The summed E-state index contributed by atoms with van der Waals surface area (Å²) in [6.07, 6.45) is 1.25. The average molecular weight is 385 g/mol. The Hall–Kier alpha value is -2.57. The number of ether oxygens (including phenoxy) is 1. The summed E-state index contributed by atoms with van der Waals surface area (Å²) < 4.78 is 7.81. The highest BCUT2D eigenvalue weighted by Gasteiger charge is 2.65. The lowest BCUT2D eigenvalue weighted by atomic mass is 9.84. The van der Waals surface area contributed by atoms with Gasteiger partial charge in [-0.15, -0.1) is 10.1 Å². The van der Waals surface area contributed by atoms with Crippen molar-refractivity contribution in [3.05, 3.63) is 48.5 Å². The van der Waals surface area contributed by atoms with E-state index in [4.69, 9.17) is 4.74 Å². The molecule has 2 aromatic rings. The lowest BCUT2D eigenvalue weighted by Crippen LogP contribution is -2.52. The first-order chi connectivity index (χ1) is 13.2. The molecule has 0 bridgehead atoms. The molecule has 0 amide bonds. The second kappa shape index (κ2) is 7.11. The maximum absolute atomic E-state index is 10.9. The van der Waals surface area contributed by atoms with Crippen LogP contribution in [0.5, 0.6) is 11.5 Å². The highest BCUT2D eigenvalue weighted by Crippen LogP contribution is 2.46. The third-order valence-corrected chi connectivity index (χ3v) is 5.57. The van der Waals surface area contributed by atoms with Crippen LogP contribution in [0.4, 0.5) is 11.4 Å². The Balaban J connectivity index is 0.000000706. The summed E-state index contributed by atoms with van der Waals surface area (Å²) >= 11 is 0. The lowest BCUT2D eigenvalue weighted by Gasteiger charge is -2.31. The molecule has 2 N–H and O–H groups in total. The van der Waals surface area contributed by atoms with Crippen LogP contribution in [-0.4, -0.2) is 37.6 Å². The van der Waals surface area contributed by atoms with Gasteiger partial charge in [0.2, 0.25) is 0 Å². The van der Waals surface area contributed by atoms with E-state index < -0.39 is 11.1 Å². The Labute approximate surface area is 166 Å². The van der Waals surface area contributed by atoms with Crippen LogP contribution in [0, 0.1) is 0 Å². The molecule has 4 rings (SSSR count). The molecule has 6 heteroatoms. The van der Waals surface area contributed by atoms with Crippen molar-refractivity contribution in [3.8, 4) is 11.5 Å². The first-order valence-electron chi connectivity index (χ1n) is 9.69. The van der Waals surface area contributed by atoms with Gasteiger partial charge in [-0.3, -0.25) is 0 Å². The molecule has 1 saturated heterocycles. The van der Waals surface area contributed by atoms with Crippen molar-refractivity contribution in [3.63, 3.8) is 0 Å². The minimum Gasteiger partial charge on any atom is -0.450 e. The van der Waals surface area contributed by atoms with Crippen molar-refractivity contribution < 1.29 is 15.2 Å². The predicted molar refractivity (Wildman–Crippen MR) is 111 cm³/mol. The van der Waals surface area contributed by atoms with Crippen molar-refractivity contribution in [1.82, 2.24) is 14.7 Å². The van der Waals surface area contributed by atoms with Crippen LogP contribution in [0.1, 0.15) is 48.0 Å². The summed E-state index contributed by atoms with van der Waals surface area (Å²) in [5, 5.41) is 24.1. The van der Waals surface area contributed by atoms with Crippen LogP contribution in [0.25, 0.3) is 0 Å². The van der Waals surface area contributed by atoms with Crippen LogP contribution in [0.15, 0.2) is 48.5 Å². The van der Waals surface area contributed by atoms with E-state index in [0.717, 1.165) is 21.5 Å². The average Bonchev–Trinajstić information content (AvgIpc) is 2.78. The molecule has 0 radical (unpaired) electrons. The third kappa shape index (κ3) is 2.84. The second-order valence-electron chi connectivity index (χ2n) is 8.12. The molecule has 0 atom stereocenters. The summed E-state index contributed by atoms with van der Waals surface area (Å²) in [5.41, 5.74) is 0.0871. The maximum atomic E-state index is 10.9. The van der Waals surface area contributed by atoms with E-state index in [-0.39, 0.29) is 5.96 Å². The molecule has 6 nitrogen and oxygen atoms in total. The molecule has 150 valence electrons. The Kier molecular flexibility index (Phi) is 5.12. The van der Waals surface area contributed by atoms with E-state index in [1.165, 1.54) is 6.42 Å². The minimum absolute atomic E-state index is 0.276. The first kappa shape index (κ1) is 20.2. The number of hydroxylamine groups is 4. The molecule has 0 aliphatic carbocycles. The van der Waals surface area contributed by atoms with Crippen molar-refractivity contribution in [2.75, 3.05) is 0 Å². The molecule has 2 heterocycles. The van der Waals surface area contributed by atoms with E-state index in [9.17, 15) is 10.4 Å². The monoisotopic (exact) mass is 384 g/mol. The smallest absolute Gasteiger partial charge is 0.418 e. The topological polar surface area (TPSA) is 59.2 Å². The Morgan fingerprint density at radius 3 is 1.54 bits per heavy atom. The Bertz CT molecular complexity index is 836. The summed E-state index contributed by atoms with van der Waals surface area (Å²) in [4.78, 5) is 0. The quantitative estimate of drug-likeness (QED) is 0.512. The van der Waals surface area contributed by atoms with Crippen LogP contribution in [0.3, 0.4) is 0 Å². The highest BCUT2D eigenvalue weighted by molar-refractivity contribution is 5.91. The third-order valence-electron chi connectivity index (χ3n) is 5.57. The number of fused-ring (bicyclic) bond motifs is 2. The van der Waals surface area contributed by atoms with E-state index >= 15 is 0 Å². The molecule has 2 aliphatic heterocycles. The SMILES string of the molecule is CC1(C)N(O)C(=[N+]2c3ccccc3Oc3ccccc32)N(O)C1(C)C.CCC. The summed E-state index contributed by atoms with van der Waals surface area (Å²) in [6.45, 7) is 11.8. The number of hydrogen-bond donors (Lipinski definition) is 2. The van der Waals surface area contributed by atoms with Crippen LogP contribution in [-0.2, 0) is 0 Å². The van der Waals surface area contributed by atoms with Gasteiger partial charge in [0.1, 0.15) is 0 Å². The molecule has 1 fully saturated rings. The van der Waals surface area contributed by atoms with E-state index in [2.05, 4.69) is 13.8 Å². The van der Waals surface area contributed by atoms with Crippen LogP contribution < -0.4 is 9.31 Å². The molecule has 2 aromatic carbocycles. The zero-order valence-corrected chi connectivity index (χ0v) is 17.5. The van der Waals surface area contributed by atoms with Gasteiger partial charge in [0.25, 0.3) is 0 Å². The molecule has 0 unspecified atom stereocenters. The Morgan fingerprint density at radius 1 is 0.786 bits per heavy atom. The molecule has 0 spiro atoms. The zero-order valence-electron chi connectivity index (χ0n) is 17.5. The molecular formula is C22H30N3O3+. The normalized spacial score (nSPS) is 18.7. The fourth-order valence-electron chi connectivity index (χ4n) is 3.22. The van der Waals surface area contributed by atoms with Crippen LogP contribution in [0.2, 0.25) is 0 Å². The zero-order chi connectivity index (χ0) is 20.7.